The summed E-state index contributed by atoms with van der Waals surface area (Å²) in [4.78, 5) is 8.93. The van der Waals surface area contributed by atoms with Crippen LogP contribution in [0.15, 0.2) is 30.3 Å². The van der Waals surface area contributed by atoms with Crippen molar-refractivity contribution >= 4 is 16.7 Å². The van der Waals surface area contributed by atoms with Crippen molar-refractivity contribution in [2.75, 3.05) is 26.1 Å². The van der Waals surface area contributed by atoms with Crippen LogP contribution in [-0.4, -0.2) is 36.9 Å². The molecule has 0 bridgehead atoms. The fourth-order valence-corrected chi connectivity index (χ4v) is 3.61. The Hall–Kier alpha value is -3.07. The Kier molecular flexibility index (Phi) is 7.31. The van der Waals surface area contributed by atoms with Crippen LogP contribution in [0.3, 0.4) is 0 Å². The number of rotatable bonds is 9. The Bertz CT molecular complexity index is 1140. The van der Waals surface area contributed by atoms with Crippen molar-refractivity contribution in [1.29, 1.82) is 0 Å². The van der Waals surface area contributed by atoms with Gasteiger partial charge in [0.2, 0.25) is 0 Å². The second kappa shape index (κ2) is 9.82. The number of nitrogens with one attached hydrogen (secondary N) is 1. The third-order valence-electron chi connectivity index (χ3n) is 5.14. The van der Waals surface area contributed by atoms with Crippen LogP contribution >= 0.6 is 0 Å². The SMILES string of the molecule is COC[C@H](C)Oc1cc2c(N[C@H](C)c3cccc(C(C)(F)F)c3F)nc(C)nc2cc1OC. The van der Waals surface area contributed by atoms with E-state index in [0.717, 1.165) is 6.07 Å². The highest BCUT2D eigenvalue weighted by atomic mass is 19.3. The summed E-state index contributed by atoms with van der Waals surface area (Å²) in [6, 6.07) is 6.80. The van der Waals surface area contributed by atoms with E-state index in [2.05, 4.69) is 15.3 Å². The van der Waals surface area contributed by atoms with Crippen LogP contribution in [0.25, 0.3) is 10.9 Å². The number of alkyl halides is 2. The summed E-state index contributed by atoms with van der Waals surface area (Å²) >= 11 is 0. The van der Waals surface area contributed by atoms with Gasteiger partial charge in [0, 0.05) is 31.0 Å². The monoisotopic (exact) mass is 463 g/mol. The lowest BCUT2D eigenvalue weighted by Gasteiger charge is -2.21. The average molecular weight is 464 g/mol. The van der Waals surface area contributed by atoms with Gasteiger partial charge in [-0.05, 0) is 26.8 Å². The van der Waals surface area contributed by atoms with Gasteiger partial charge in [0.25, 0.3) is 5.92 Å². The lowest BCUT2D eigenvalue weighted by molar-refractivity contribution is 0.0136. The number of ether oxygens (including phenoxy) is 3. The summed E-state index contributed by atoms with van der Waals surface area (Å²) in [6.07, 6.45) is -0.240. The van der Waals surface area contributed by atoms with Gasteiger partial charge in [0.1, 0.15) is 23.6 Å². The van der Waals surface area contributed by atoms with E-state index in [1.54, 1.807) is 33.1 Å². The quantitative estimate of drug-likeness (QED) is 0.434. The fourth-order valence-electron chi connectivity index (χ4n) is 3.61. The number of fused-ring (bicyclic) bond motifs is 1. The van der Waals surface area contributed by atoms with Crippen molar-refractivity contribution in [1.82, 2.24) is 9.97 Å². The van der Waals surface area contributed by atoms with Gasteiger partial charge in [-0.2, -0.15) is 0 Å². The van der Waals surface area contributed by atoms with E-state index in [9.17, 15) is 13.2 Å². The van der Waals surface area contributed by atoms with Crippen molar-refractivity contribution in [3.8, 4) is 11.5 Å². The molecule has 6 nitrogen and oxygen atoms in total. The molecule has 0 saturated carbocycles. The first-order valence-corrected chi connectivity index (χ1v) is 10.5. The van der Waals surface area contributed by atoms with Crippen molar-refractivity contribution in [3.63, 3.8) is 0 Å². The van der Waals surface area contributed by atoms with E-state index in [1.807, 2.05) is 6.92 Å². The zero-order valence-corrected chi connectivity index (χ0v) is 19.5. The molecule has 0 radical (unpaired) electrons. The van der Waals surface area contributed by atoms with Gasteiger partial charge < -0.3 is 19.5 Å². The molecule has 0 unspecified atom stereocenters. The maximum atomic E-state index is 14.9. The highest BCUT2D eigenvalue weighted by Gasteiger charge is 2.30. The van der Waals surface area contributed by atoms with Gasteiger partial charge in [-0.15, -0.1) is 0 Å². The largest absolute Gasteiger partial charge is 0.493 e. The van der Waals surface area contributed by atoms with Crippen molar-refractivity contribution in [2.45, 2.75) is 45.8 Å². The van der Waals surface area contributed by atoms with Crippen molar-refractivity contribution in [2.24, 2.45) is 0 Å². The summed E-state index contributed by atoms with van der Waals surface area (Å²) in [7, 11) is 3.11. The number of methoxy groups -OCH3 is 2. The number of nitrogens with zero attached hydrogens (tertiary/aromatic N) is 2. The van der Waals surface area contributed by atoms with Gasteiger partial charge >= 0.3 is 0 Å². The summed E-state index contributed by atoms with van der Waals surface area (Å²) in [5.41, 5.74) is 0.0529. The number of hydrogen-bond acceptors (Lipinski definition) is 6. The third kappa shape index (κ3) is 5.47. The molecule has 3 aromatic rings. The highest BCUT2D eigenvalue weighted by Crippen LogP contribution is 2.37. The number of aromatic nitrogens is 2. The van der Waals surface area contributed by atoms with Crippen molar-refractivity contribution in [3.05, 3.63) is 53.1 Å². The predicted molar refractivity (Wildman–Crippen MR) is 121 cm³/mol. The first-order chi connectivity index (χ1) is 15.5. The molecule has 2 atom stereocenters. The highest BCUT2D eigenvalue weighted by molar-refractivity contribution is 5.92. The Morgan fingerprint density at radius 3 is 2.45 bits per heavy atom. The molecular weight excluding hydrogens is 435 g/mol. The molecule has 3 rings (SSSR count). The van der Waals surface area contributed by atoms with E-state index >= 15 is 0 Å². The minimum Gasteiger partial charge on any atom is -0.493 e. The standard InChI is InChI=1S/C24H28F3N3O3/c1-13(12-31-5)33-21-10-17-19(11-20(21)32-6)29-15(3)30-23(17)28-14(2)16-8-7-9-18(22(16)25)24(4,26)27/h7-11,13-14H,12H2,1-6H3,(H,28,29,30)/t13-,14+/m0/s1. The molecule has 0 saturated heterocycles. The fraction of sp³-hybridized carbons (Fsp3) is 0.417. The molecule has 2 aromatic carbocycles. The molecule has 0 aliphatic heterocycles. The Morgan fingerprint density at radius 2 is 1.82 bits per heavy atom. The summed E-state index contributed by atoms with van der Waals surface area (Å²) in [6.45, 7) is 6.32. The maximum absolute atomic E-state index is 14.9. The lowest BCUT2D eigenvalue weighted by atomic mass is 10.0. The lowest BCUT2D eigenvalue weighted by Crippen LogP contribution is -2.18. The minimum absolute atomic E-state index is 0.108. The second-order valence-electron chi connectivity index (χ2n) is 7.99. The smallest absolute Gasteiger partial charge is 0.273 e. The average Bonchev–Trinajstić information content (AvgIpc) is 2.73. The van der Waals surface area contributed by atoms with Gasteiger partial charge in [-0.3, -0.25) is 0 Å². The van der Waals surface area contributed by atoms with E-state index < -0.39 is 23.3 Å². The first kappa shape index (κ1) is 24.6. The molecule has 0 fully saturated rings. The Balaban J connectivity index is 2.04. The number of aryl methyl sites for hydroxylation is 1. The topological polar surface area (TPSA) is 65.5 Å². The van der Waals surface area contributed by atoms with Crippen LogP contribution in [0.5, 0.6) is 11.5 Å². The van der Waals surface area contributed by atoms with Crippen LogP contribution in [0.4, 0.5) is 19.0 Å². The Morgan fingerprint density at radius 1 is 1.09 bits per heavy atom. The van der Waals surface area contributed by atoms with Gasteiger partial charge in [0.05, 0.1) is 30.8 Å². The second-order valence-corrected chi connectivity index (χ2v) is 7.99. The third-order valence-corrected chi connectivity index (χ3v) is 5.14. The van der Waals surface area contributed by atoms with Gasteiger partial charge in [-0.1, -0.05) is 18.2 Å². The van der Waals surface area contributed by atoms with Crippen LogP contribution in [-0.2, 0) is 10.7 Å². The van der Waals surface area contributed by atoms with Gasteiger partial charge in [-0.25, -0.2) is 23.1 Å². The first-order valence-electron chi connectivity index (χ1n) is 10.5. The maximum Gasteiger partial charge on any atom is 0.273 e. The molecule has 0 amide bonds. The number of anilines is 1. The molecule has 33 heavy (non-hydrogen) atoms. The predicted octanol–water partition coefficient (Wildman–Crippen LogP) is 5.78. The number of hydrogen-bond donors (Lipinski definition) is 1. The minimum atomic E-state index is -3.29. The zero-order valence-electron chi connectivity index (χ0n) is 19.5. The summed E-state index contributed by atoms with van der Waals surface area (Å²) in [5, 5.41) is 3.76. The van der Waals surface area contributed by atoms with E-state index in [-0.39, 0.29) is 11.7 Å². The molecule has 178 valence electrons. The van der Waals surface area contributed by atoms with E-state index in [4.69, 9.17) is 14.2 Å². The molecule has 0 aliphatic carbocycles. The Labute approximate surface area is 191 Å². The molecule has 0 spiro atoms. The van der Waals surface area contributed by atoms with Crippen LogP contribution in [0, 0.1) is 12.7 Å². The van der Waals surface area contributed by atoms with Crippen LogP contribution < -0.4 is 14.8 Å². The van der Waals surface area contributed by atoms with Crippen LogP contribution in [0.2, 0.25) is 0 Å². The number of benzene rings is 2. The van der Waals surface area contributed by atoms with Crippen LogP contribution in [0.1, 0.15) is 43.8 Å². The summed E-state index contributed by atoms with van der Waals surface area (Å²) < 4.78 is 59.0. The zero-order chi connectivity index (χ0) is 24.3. The normalized spacial score (nSPS) is 13.6. The molecule has 1 heterocycles. The van der Waals surface area contributed by atoms with E-state index in [1.165, 1.54) is 19.2 Å². The molecular formula is C24H28F3N3O3. The summed E-state index contributed by atoms with van der Waals surface area (Å²) in [5.74, 6) is -2.37. The van der Waals surface area contributed by atoms with Gasteiger partial charge in [0.15, 0.2) is 11.5 Å². The molecule has 1 aromatic heterocycles. The molecule has 9 heteroatoms. The van der Waals surface area contributed by atoms with Crippen molar-refractivity contribution < 1.29 is 27.4 Å². The van der Waals surface area contributed by atoms with E-state index in [0.29, 0.717) is 47.6 Å². The molecule has 1 N–H and O–H groups in total. The number of halogens is 3. The molecule has 0 aliphatic rings.